The van der Waals surface area contributed by atoms with Gasteiger partial charge in [0.2, 0.25) is 10.0 Å². The lowest BCUT2D eigenvalue weighted by molar-refractivity contribution is 0.0905. The Hall–Kier alpha value is -1.60. The van der Waals surface area contributed by atoms with E-state index in [-0.39, 0.29) is 11.9 Å². The lowest BCUT2D eigenvalue weighted by atomic mass is 10.2. The van der Waals surface area contributed by atoms with E-state index in [0.717, 1.165) is 6.26 Å². The Kier molecular flexibility index (Phi) is 5.31. The zero-order valence-electron chi connectivity index (χ0n) is 11.1. The third-order valence-corrected chi connectivity index (χ3v) is 2.83. The number of hydrogen-bond donors (Lipinski definition) is 2. The molecule has 1 atom stereocenters. The van der Waals surface area contributed by atoms with Crippen molar-refractivity contribution < 1.29 is 17.9 Å². The molecule has 1 rings (SSSR count). The van der Waals surface area contributed by atoms with Crippen LogP contribution < -0.4 is 10.0 Å². The Balaban J connectivity index is 2.78. The first-order valence-corrected chi connectivity index (χ1v) is 7.58. The van der Waals surface area contributed by atoms with Gasteiger partial charge in [-0.15, -0.1) is 0 Å². The molecule has 106 valence electrons. The van der Waals surface area contributed by atoms with Crippen molar-refractivity contribution in [1.29, 1.82) is 0 Å². The molecule has 2 N–H and O–H groups in total. The summed E-state index contributed by atoms with van der Waals surface area (Å²) in [5.41, 5.74) is 0.742. The van der Waals surface area contributed by atoms with Gasteiger partial charge >= 0.3 is 0 Å². The fraction of sp³-hybridized carbons (Fsp3) is 0.417. The van der Waals surface area contributed by atoms with Gasteiger partial charge in [0.1, 0.15) is 0 Å². The fourth-order valence-electron chi connectivity index (χ4n) is 1.54. The number of benzene rings is 1. The second-order valence-electron chi connectivity index (χ2n) is 4.28. The number of hydrogen-bond acceptors (Lipinski definition) is 4. The Morgan fingerprint density at radius 2 is 2.11 bits per heavy atom. The van der Waals surface area contributed by atoms with E-state index in [0.29, 0.717) is 17.9 Å². The molecule has 1 aromatic rings. The molecule has 1 aromatic carbocycles. The molecule has 0 saturated carbocycles. The maximum absolute atomic E-state index is 11.9. The van der Waals surface area contributed by atoms with Crippen LogP contribution >= 0.6 is 0 Å². The number of methoxy groups -OCH3 is 1. The number of nitrogens with one attached hydrogen (secondary N) is 2. The van der Waals surface area contributed by atoms with Gasteiger partial charge in [0, 0.05) is 24.4 Å². The molecule has 0 aromatic heterocycles. The smallest absolute Gasteiger partial charge is 0.251 e. The van der Waals surface area contributed by atoms with E-state index in [2.05, 4.69) is 10.0 Å². The van der Waals surface area contributed by atoms with Gasteiger partial charge in [0.05, 0.1) is 12.9 Å². The maximum atomic E-state index is 11.9. The van der Waals surface area contributed by atoms with Gasteiger partial charge < -0.3 is 10.1 Å². The molecule has 7 heteroatoms. The van der Waals surface area contributed by atoms with Gasteiger partial charge in [-0.05, 0) is 25.1 Å². The number of amides is 1. The molecule has 0 saturated heterocycles. The molecule has 1 amide bonds. The number of rotatable bonds is 6. The monoisotopic (exact) mass is 286 g/mol. The van der Waals surface area contributed by atoms with E-state index in [1.165, 1.54) is 6.07 Å². The second kappa shape index (κ2) is 6.53. The minimum Gasteiger partial charge on any atom is -0.383 e. The van der Waals surface area contributed by atoms with Crippen LogP contribution in [0.4, 0.5) is 5.69 Å². The van der Waals surface area contributed by atoms with E-state index in [9.17, 15) is 13.2 Å². The van der Waals surface area contributed by atoms with Gasteiger partial charge in [-0.2, -0.15) is 0 Å². The van der Waals surface area contributed by atoms with E-state index < -0.39 is 10.0 Å². The summed E-state index contributed by atoms with van der Waals surface area (Å²) in [6, 6.07) is 6.17. The largest absolute Gasteiger partial charge is 0.383 e. The van der Waals surface area contributed by atoms with Crippen molar-refractivity contribution in [2.45, 2.75) is 13.0 Å². The van der Waals surface area contributed by atoms with Crippen molar-refractivity contribution in [2.75, 3.05) is 24.7 Å². The van der Waals surface area contributed by atoms with Gasteiger partial charge in [0.25, 0.3) is 5.91 Å². The van der Waals surface area contributed by atoms with E-state index in [1.807, 2.05) is 6.92 Å². The highest BCUT2D eigenvalue weighted by Crippen LogP contribution is 2.12. The summed E-state index contributed by atoms with van der Waals surface area (Å²) in [7, 11) is -1.80. The van der Waals surface area contributed by atoms with Crippen molar-refractivity contribution in [3.05, 3.63) is 29.8 Å². The molecule has 6 nitrogen and oxygen atoms in total. The summed E-state index contributed by atoms with van der Waals surface area (Å²) in [6.07, 6.45) is 1.06. The van der Waals surface area contributed by atoms with Crippen LogP contribution in [0.2, 0.25) is 0 Å². The Morgan fingerprint density at radius 3 is 2.68 bits per heavy atom. The molecule has 0 fully saturated rings. The highest BCUT2D eigenvalue weighted by atomic mass is 32.2. The minimum atomic E-state index is -3.35. The Bertz CT molecular complexity index is 542. The summed E-state index contributed by atoms with van der Waals surface area (Å²) in [4.78, 5) is 11.9. The van der Waals surface area contributed by atoms with E-state index >= 15 is 0 Å². The van der Waals surface area contributed by atoms with Crippen molar-refractivity contribution in [3.8, 4) is 0 Å². The first kappa shape index (κ1) is 15.5. The van der Waals surface area contributed by atoms with Crippen LogP contribution in [0, 0.1) is 0 Å². The van der Waals surface area contributed by atoms with Gasteiger partial charge in [-0.1, -0.05) is 6.07 Å². The lowest BCUT2D eigenvalue weighted by Crippen LogP contribution is -2.35. The standard InChI is InChI=1S/C12H18N2O4S/c1-9(8-18-2)13-12(15)10-5-4-6-11(7-10)14-19(3,16)17/h4-7,9,14H,8H2,1-3H3,(H,13,15)/t9-/m1/s1. The number of sulfonamides is 1. The summed E-state index contributed by atoms with van der Waals surface area (Å²) >= 11 is 0. The van der Waals surface area contributed by atoms with Crippen LogP contribution in [-0.2, 0) is 14.8 Å². The fourth-order valence-corrected chi connectivity index (χ4v) is 2.09. The summed E-state index contributed by atoms with van der Waals surface area (Å²) in [6.45, 7) is 2.23. The Labute approximate surface area is 113 Å². The molecule has 0 unspecified atom stereocenters. The van der Waals surface area contributed by atoms with E-state index in [4.69, 9.17) is 4.74 Å². The first-order chi connectivity index (χ1) is 8.81. The molecule has 0 aliphatic heterocycles. The Morgan fingerprint density at radius 1 is 1.42 bits per heavy atom. The molecule has 0 aliphatic rings. The van der Waals surface area contributed by atoms with Crippen molar-refractivity contribution in [1.82, 2.24) is 5.32 Å². The lowest BCUT2D eigenvalue weighted by Gasteiger charge is -2.13. The molecule has 0 spiro atoms. The molecule has 0 heterocycles. The number of carbonyl (C=O) groups excluding carboxylic acids is 1. The maximum Gasteiger partial charge on any atom is 0.251 e. The summed E-state index contributed by atoms with van der Waals surface area (Å²) < 4.78 is 29.5. The SMILES string of the molecule is COC[C@@H](C)NC(=O)c1cccc(NS(C)(=O)=O)c1. The summed E-state index contributed by atoms with van der Waals surface area (Å²) in [5, 5.41) is 2.75. The molecule has 0 bridgehead atoms. The van der Waals surface area contributed by atoms with Crippen LogP contribution in [-0.4, -0.2) is 40.3 Å². The zero-order valence-corrected chi connectivity index (χ0v) is 12.0. The highest BCUT2D eigenvalue weighted by molar-refractivity contribution is 7.92. The van der Waals surface area contributed by atoms with Crippen LogP contribution in [0.5, 0.6) is 0 Å². The topological polar surface area (TPSA) is 84.5 Å². The molecule has 19 heavy (non-hydrogen) atoms. The highest BCUT2D eigenvalue weighted by Gasteiger charge is 2.11. The zero-order chi connectivity index (χ0) is 14.5. The van der Waals surface area contributed by atoms with Crippen molar-refractivity contribution in [3.63, 3.8) is 0 Å². The average Bonchev–Trinajstić information content (AvgIpc) is 2.27. The van der Waals surface area contributed by atoms with Gasteiger partial charge in [-0.3, -0.25) is 9.52 Å². The first-order valence-electron chi connectivity index (χ1n) is 5.69. The molecule has 0 radical (unpaired) electrons. The number of carbonyl (C=O) groups is 1. The number of ether oxygens (including phenoxy) is 1. The average molecular weight is 286 g/mol. The molecular formula is C12H18N2O4S. The normalized spacial score (nSPS) is 12.8. The van der Waals surface area contributed by atoms with Gasteiger partial charge in [-0.25, -0.2) is 8.42 Å². The van der Waals surface area contributed by atoms with Crippen LogP contribution in [0.3, 0.4) is 0 Å². The second-order valence-corrected chi connectivity index (χ2v) is 6.03. The molecular weight excluding hydrogens is 268 g/mol. The van der Waals surface area contributed by atoms with Crippen LogP contribution in [0.15, 0.2) is 24.3 Å². The third-order valence-electron chi connectivity index (χ3n) is 2.22. The quantitative estimate of drug-likeness (QED) is 0.811. The number of anilines is 1. The molecule has 0 aliphatic carbocycles. The summed E-state index contributed by atoms with van der Waals surface area (Å²) in [5.74, 6) is -0.276. The van der Waals surface area contributed by atoms with Crippen molar-refractivity contribution in [2.24, 2.45) is 0 Å². The van der Waals surface area contributed by atoms with Gasteiger partial charge in [0.15, 0.2) is 0 Å². The van der Waals surface area contributed by atoms with Crippen LogP contribution in [0.1, 0.15) is 17.3 Å². The minimum absolute atomic E-state index is 0.121. The predicted molar refractivity (Wildman–Crippen MR) is 73.7 cm³/mol. The third kappa shape index (κ3) is 5.71. The van der Waals surface area contributed by atoms with Crippen LogP contribution in [0.25, 0.3) is 0 Å². The van der Waals surface area contributed by atoms with Crippen molar-refractivity contribution >= 4 is 21.6 Å². The van der Waals surface area contributed by atoms with E-state index in [1.54, 1.807) is 25.3 Å². The predicted octanol–water partition coefficient (Wildman–Crippen LogP) is 0.823.